The molecule has 0 saturated carbocycles. The number of hydrogen-bond donors (Lipinski definition) is 1. The molecule has 3 aromatic rings. The molecule has 1 aromatic heterocycles. The number of carbonyl (C=O) groups is 1. The van der Waals surface area contributed by atoms with E-state index in [1.165, 1.54) is 48.2 Å². The number of amides is 1. The smallest absolute Gasteiger partial charge is 0.271 e. The van der Waals surface area contributed by atoms with Crippen molar-refractivity contribution in [1.82, 2.24) is 20.0 Å². The highest BCUT2D eigenvalue weighted by Crippen LogP contribution is 2.16. The molecule has 184 valence electrons. The molecule has 0 unspecified atom stereocenters. The van der Waals surface area contributed by atoms with Crippen molar-refractivity contribution < 1.29 is 13.9 Å². The predicted octanol–water partition coefficient (Wildman–Crippen LogP) is 3.94. The molecular formula is C27H31FN4O3. The lowest BCUT2D eigenvalue weighted by molar-refractivity contribution is 0.0949. The number of nitrogens with zero attached hydrogens (tertiary/aromatic N) is 3. The van der Waals surface area contributed by atoms with E-state index in [1.807, 2.05) is 0 Å². The molecule has 1 aliphatic heterocycles. The van der Waals surface area contributed by atoms with Gasteiger partial charge < -0.3 is 15.0 Å². The molecule has 2 aromatic carbocycles. The van der Waals surface area contributed by atoms with E-state index in [0.29, 0.717) is 29.4 Å². The van der Waals surface area contributed by atoms with Gasteiger partial charge in [0.1, 0.15) is 12.4 Å². The minimum atomic E-state index is -0.343. The molecule has 0 spiro atoms. The summed E-state index contributed by atoms with van der Waals surface area (Å²) >= 11 is 0. The van der Waals surface area contributed by atoms with Crippen molar-refractivity contribution in [3.63, 3.8) is 0 Å². The number of benzene rings is 2. The van der Waals surface area contributed by atoms with Crippen LogP contribution in [0, 0.1) is 5.82 Å². The van der Waals surface area contributed by atoms with Gasteiger partial charge in [0, 0.05) is 36.8 Å². The molecule has 1 aliphatic rings. The summed E-state index contributed by atoms with van der Waals surface area (Å²) in [7, 11) is 0. The number of carbonyl (C=O) groups excluding carboxylic acids is 1. The van der Waals surface area contributed by atoms with E-state index in [2.05, 4.69) is 22.2 Å². The Kier molecular flexibility index (Phi) is 8.26. The minimum Gasteiger partial charge on any atom is -0.472 e. The van der Waals surface area contributed by atoms with E-state index in [4.69, 9.17) is 4.74 Å². The first-order chi connectivity index (χ1) is 17.0. The molecule has 8 heteroatoms. The number of halogens is 1. The molecule has 7 nitrogen and oxygen atoms in total. The van der Waals surface area contributed by atoms with Crippen LogP contribution in [-0.2, 0) is 6.61 Å². The van der Waals surface area contributed by atoms with Crippen LogP contribution in [0.5, 0.6) is 5.88 Å². The monoisotopic (exact) mass is 478 g/mol. The maximum Gasteiger partial charge on any atom is 0.271 e. The van der Waals surface area contributed by atoms with Crippen LogP contribution in [-0.4, -0.2) is 46.3 Å². The van der Waals surface area contributed by atoms with Crippen LogP contribution < -0.4 is 15.6 Å². The summed E-state index contributed by atoms with van der Waals surface area (Å²) in [5.41, 5.74) is 1.37. The Morgan fingerprint density at radius 2 is 1.97 bits per heavy atom. The van der Waals surface area contributed by atoms with Gasteiger partial charge >= 0.3 is 0 Å². The third-order valence-corrected chi connectivity index (χ3v) is 6.27. The minimum absolute atomic E-state index is 0.124. The van der Waals surface area contributed by atoms with E-state index in [9.17, 15) is 14.0 Å². The van der Waals surface area contributed by atoms with Crippen molar-refractivity contribution >= 4 is 5.91 Å². The van der Waals surface area contributed by atoms with E-state index >= 15 is 0 Å². The lowest BCUT2D eigenvalue weighted by Gasteiger charge is -2.33. The van der Waals surface area contributed by atoms with E-state index < -0.39 is 0 Å². The average molecular weight is 479 g/mol. The molecule has 35 heavy (non-hydrogen) atoms. The van der Waals surface area contributed by atoms with Gasteiger partial charge in [0.05, 0.1) is 5.69 Å². The summed E-state index contributed by atoms with van der Waals surface area (Å²) in [4.78, 5) is 27.4. The zero-order valence-electron chi connectivity index (χ0n) is 20.0. The first-order valence-electron chi connectivity index (χ1n) is 12.1. The third kappa shape index (κ3) is 6.76. The number of hydrogen-bond acceptors (Lipinski definition) is 5. The van der Waals surface area contributed by atoms with Crippen LogP contribution in [0.3, 0.4) is 0 Å². The summed E-state index contributed by atoms with van der Waals surface area (Å²) in [6.07, 6.45) is 4.72. The fourth-order valence-electron chi connectivity index (χ4n) is 4.27. The summed E-state index contributed by atoms with van der Waals surface area (Å²) in [6, 6.07) is 16.3. The molecule has 0 aliphatic carbocycles. The fourth-order valence-corrected chi connectivity index (χ4v) is 4.27. The number of piperidine rings is 1. The van der Waals surface area contributed by atoms with Crippen LogP contribution in [0.15, 0.2) is 65.5 Å². The van der Waals surface area contributed by atoms with Crippen molar-refractivity contribution in [3.05, 3.63) is 88.0 Å². The predicted molar refractivity (Wildman–Crippen MR) is 132 cm³/mol. The molecule has 1 fully saturated rings. The van der Waals surface area contributed by atoms with Crippen LogP contribution in [0.25, 0.3) is 5.69 Å². The van der Waals surface area contributed by atoms with Gasteiger partial charge in [0.2, 0.25) is 5.88 Å². The molecule has 2 heterocycles. The van der Waals surface area contributed by atoms with Gasteiger partial charge in [-0.25, -0.2) is 4.39 Å². The molecule has 0 bridgehead atoms. The third-order valence-electron chi connectivity index (χ3n) is 6.27. The van der Waals surface area contributed by atoms with Gasteiger partial charge in [-0.2, -0.15) is 4.68 Å². The van der Waals surface area contributed by atoms with Crippen molar-refractivity contribution in [2.24, 2.45) is 0 Å². The quantitative estimate of drug-likeness (QED) is 0.472. The number of ether oxygens (including phenoxy) is 1. The SMILES string of the molecule is C[C@@H]1CCCCN1CCCNC(=O)c1ccc(-n2nc(OCc3cccc(F)c3)ccc2=O)cc1. The van der Waals surface area contributed by atoms with Crippen LogP contribution in [0.4, 0.5) is 4.39 Å². The van der Waals surface area contributed by atoms with Crippen molar-refractivity contribution in [1.29, 1.82) is 0 Å². The second-order valence-electron chi connectivity index (χ2n) is 8.88. The van der Waals surface area contributed by atoms with Crippen LogP contribution in [0.2, 0.25) is 0 Å². The van der Waals surface area contributed by atoms with Gasteiger partial charge in [-0.15, -0.1) is 5.10 Å². The number of rotatable bonds is 9. The van der Waals surface area contributed by atoms with Crippen molar-refractivity contribution in [3.8, 4) is 11.6 Å². The second kappa shape index (κ2) is 11.8. The highest BCUT2D eigenvalue weighted by Gasteiger charge is 2.17. The molecule has 1 saturated heterocycles. The van der Waals surface area contributed by atoms with E-state index in [-0.39, 0.29) is 29.8 Å². The lowest BCUT2D eigenvalue weighted by Crippen LogP contribution is -2.39. The Balaban J connectivity index is 1.32. The second-order valence-corrected chi connectivity index (χ2v) is 8.88. The summed E-state index contributed by atoms with van der Waals surface area (Å²) in [5.74, 6) is -0.251. The summed E-state index contributed by atoms with van der Waals surface area (Å²) < 4.78 is 20.2. The molecule has 4 rings (SSSR count). The highest BCUT2D eigenvalue weighted by molar-refractivity contribution is 5.94. The Morgan fingerprint density at radius 3 is 2.74 bits per heavy atom. The van der Waals surface area contributed by atoms with Gasteiger partial charge in [-0.1, -0.05) is 18.6 Å². The first-order valence-corrected chi connectivity index (χ1v) is 12.1. The molecule has 1 amide bonds. The lowest BCUT2D eigenvalue weighted by atomic mass is 10.0. The summed E-state index contributed by atoms with van der Waals surface area (Å²) in [6.45, 7) is 5.15. The van der Waals surface area contributed by atoms with Crippen molar-refractivity contribution in [2.45, 2.75) is 45.3 Å². The number of aromatic nitrogens is 2. The van der Waals surface area contributed by atoms with E-state index in [1.54, 1.807) is 36.4 Å². The Hall–Kier alpha value is -3.52. The average Bonchev–Trinajstić information content (AvgIpc) is 2.87. The zero-order chi connectivity index (χ0) is 24.6. The number of nitrogens with one attached hydrogen (secondary N) is 1. The largest absolute Gasteiger partial charge is 0.472 e. The zero-order valence-corrected chi connectivity index (χ0v) is 20.0. The van der Waals surface area contributed by atoms with Crippen LogP contribution >= 0.6 is 0 Å². The molecule has 0 radical (unpaired) electrons. The molecule has 1 N–H and O–H groups in total. The fraction of sp³-hybridized carbons (Fsp3) is 0.370. The molecule has 1 atom stereocenters. The maximum absolute atomic E-state index is 13.4. The maximum atomic E-state index is 13.4. The van der Waals surface area contributed by atoms with Gasteiger partial charge in [-0.3, -0.25) is 9.59 Å². The van der Waals surface area contributed by atoms with E-state index in [0.717, 1.165) is 19.5 Å². The normalized spacial score (nSPS) is 16.1. The highest BCUT2D eigenvalue weighted by atomic mass is 19.1. The van der Waals surface area contributed by atoms with Crippen LogP contribution in [0.1, 0.15) is 48.5 Å². The van der Waals surface area contributed by atoms with Gasteiger partial charge in [0.25, 0.3) is 11.5 Å². The topological polar surface area (TPSA) is 76.5 Å². The van der Waals surface area contributed by atoms with Gasteiger partial charge in [0.15, 0.2) is 0 Å². The number of likely N-dealkylation sites (tertiary alicyclic amines) is 1. The molecular weight excluding hydrogens is 447 g/mol. The van der Waals surface area contributed by atoms with Crippen molar-refractivity contribution in [2.75, 3.05) is 19.6 Å². The standard InChI is InChI=1S/C27H31FN4O3/c1-20-6-2-3-16-31(20)17-5-15-29-27(34)22-9-11-24(12-10-22)32-26(33)14-13-25(30-32)35-19-21-7-4-8-23(28)18-21/h4,7-14,18,20H,2-3,5-6,15-17,19H2,1H3,(H,29,34)/t20-/m1/s1. The Bertz CT molecular complexity index is 1200. The summed E-state index contributed by atoms with van der Waals surface area (Å²) in [5, 5.41) is 7.22. The Labute approximate surface area is 204 Å². The first kappa shape index (κ1) is 24.6. The van der Waals surface area contributed by atoms with Gasteiger partial charge in [-0.05, 0) is 74.7 Å². The Morgan fingerprint density at radius 1 is 1.14 bits per heavy atom.